The zero-order valence-electron chi connectivity index (χ0n) is 22.4. The van der Waals surface area contributed by atoms with Gasteiger partial charge in [0, 0.05) is 49.7 Å². The lowest BCUT2D eigenvalue weighted by Gasteiger charge is -2.35. The van der Waals surface area contributed by atoms with E-state index in [2.05, 4.69) is 19.8 Å². The number of fused-ring (bicyclic) bond motifs is 1. The van der Waals surface area contributed by atoms with Crippen molar-refractivity contribution in [2.75, 3.05) is 50.0 Å². The lowest BCUT2D eigenvalue weighted by atomic mass is 9.87. The van der Waals surface area contributed by atoms with E-state index >= 15 is 0 Å². The van der Waals surface area contributed by atoms with E-state index in [1.807, 2.05) is 30.0 Å². The monoisotopic (exact) mass is 549 g/mol. The molecule has 2 aliphatic heterocycles. The van der Waals surface area contributed by atoms with Crippen molar-refractivity contribution < 1.29 is 14.0 Å². The van der Waals surface area contributed by atoms with Crippen LogP contribution in [0.3, 0.4) is 0 Å². The molecular formula is C30H36FN5O2S. The van der Waals surface area contributed by atoms with Gasteiger partial charge in [0.2, 0.25) is 5.91 Å². The predicted molar refractivity (Wildman–Crippen MR) is 154 cm³/mol. The topological polar surface area (TPSA) is 61.7 Å². The second-order valence-corrected chi connectivity index (χ2v) is 12.3. The smallest absolute Gasteiger partial charge is 0.278 e. The van der Waals surface area contributed by atoms with Gasteiger partial charge >= 0.3 is 0 Å². The van der Waals surface area contributed by atoms with Gasteiger partial charge in [-0.1, -0.05) is 37.5 Å². The van der Waals surface area contributed by atoms with Crippen LogP contribution < -0.4 is 4.90 Å². The number of carbonyl (C=O) groups excluding carboxylic acids is 2. The molecule has 0 bridgehead atoms. The van der Waals surface area contributed by atoms with E-state index in [0.717, 1.165) is 82.0 Å². The number of piperazine rings is 1. The maximum absolute atomic E-state index is 14.2. The van der Waals surface area contributed by atoms with E-state index in [0.29, 0.717) is 17.0 Å². The van der Waals surface area contributed by atoms with Crippen molar-refractivity contribution >= 4 is 40.3 Å². The number of unbranched alkanes of at least 4 members (excludes halogenated alkanes) is 1. The van der Waals surface area contributed by atoms with Crippen LogP contribution in [-0.2, 0) is 4.79 Å². The molecule has 206 valence electrons. The van der Waals surface area contributed by atoms with Gasteiger partial charge in [-0.05, 0) is 56.5 Å². The Hall–Kier alpha value is -2.91. The van der Waals surface area contributed by atoms with Gasteiger partial charge in [0.15, 0.2) is 5.82 Å². The standard InChI is InChI=1S/C30H36FN5O2S/c31-24-11-12-25-26(21-24)36(28(37)23-9-3-1-4-10-23)32-27(25)34-19-17-33(18-20-34)15-7-8-16-35-22-39-30(29(35)38)13-5-2-6-14-30/h1,3-4,9-12,21H,2,5-8,13-20,22H2. The molecule has 1 spiro atoms. The first-order valence-corrected chi connectivity index (χ1v) is 15.2. The Morgan fingerprint density at radius 3 is 2.46 bits per heavy atom. The first-order valence-electron chi connectivity index (χ1n) is 14.2. The molecule has 1 saturated carbocycles. The first kappa shape index (κ1) is 26.3. The van der Waals surface area contributed by atoms with Crippen LogP contribution in [0.2, 0.25) is 0 Å². The molecule has 2 aromatic carbocycles. The van der Waals surface area contributed by atoms with E-state index in [9.17, 15) is 14.0 Å². The average Bonchev–Trinajstić information content (AvgIpc) is 3.49. The number of rotatable bonds is 7. The number of anilines is 1. The molecule has 0 N–H and O–H groups in total. The van der Waals surface area contributed by atoms with Gasteiger partial charge in [0.05, 0.1) is 16.1 Å². The molecule has 0 radical (unpaired) electrons. The number of thioether (sulfide) groups is 1. The minimum atomic E-state index is -0.385. The zero-order valence-corrected chi connectivity index (χ0v) is 23.2. The van der Waals surface area contributed by atoms with Gasteiger partial charge in [0.25, 0.3) is 5.91 Å². The van der Waals surface area contributed by atoms with Gasteiger partial charge < -0.3 is 9.80 Å². The quantitative estimate of drug-likeness (QED) is 0.387. The highest BCUT2D eigenvalue weighted by atomic mass is 32.2. The summed E-state index contributed by atoms with van der Waals surface area (Å²) in [7, 11) is 0. The number of hydrogen-bond acceptors (Lipinski definition) is 6. The van der Waals surface area contributed by atoms with Gasteiger partial charge in [-0.3, -0.25) is 14.5 Å². The van der Waals surface area contributed by atoms with Crippen LogP contribution >= 0.6 is 11.8 Å². The second-order valence-electron chi connectivity index (χ2n) is 11.0. The number of nitrogens with zero attached hydrogens (tertiary/aromatic N) is 5. The summed E-state index contributed by atoms with van der Waals surface area (Å²) < 4.78 is 15.4. The highest BCUT2D eigenvalue weighted by Gasteiger charge is 2.47. The van der Waals surface area contributed by atoms with Crippen LogP contribution in [0, 0.1) is 5.82 Å². The minimum absolute atomic E-state index is 0.108. The van der Waals surface area contributed by atoms with Crippen LogP contribution in [-0.4, -0.2) is 81.3 Å². The van der Waals surface area contributed by atoms with Crippen molar-refractivity contribution in [1.29, 1.82) is 0 Å². The van der Waals surface area contributed by atoms with Crippen LogP contribution in [0.25, 0.3) is 10.9 Å². The molecule has 2 saturated heterocycles. The van der Waals surface area contributed by atoms with Crippen molar-refractivity contribution in [3.05, 3.63) is 59.9 Å². The molecule has 7 nitrogen and oxygen atoms in total. The Bertz CT molecular complexity index is 1330. The maximum Gasteiger partial charge on any atom is 0.278 e. The van der Waals surface area contributed by atoms with E-state index in [4.69, 9.17) is 0 Å². The molecule has 3 heterocycles. The summed E-state index contributed by atoms with van der Waals surface area (Å²) in [5, 5.41) is 5.48. The van der Waals surface area contributed by atoms with Crippen molar-refractivity contribution in [3.63, 3.8) is 0 Å². The van der Waals surface area contributed by atoms with E-state index < -0.39 is 0 Å². The number of benzene rings is 2. The van der Waals surface area contributed by atoms with Crippen LogP contribution in [0.15, 0.2) is 48.5 Å². The molecular weight excluding hydrogens is 513 g/mol. The summed E-state index contributed by atoms with van der Waals surface area (Å²) >= 11 is 1.88. The third-order valence-corrected chi connectivity index (χ3v) is 10.1. The summed E-state index contributed by atoms with van der Waals surface area (Å²) in [4.78, 5) is 33.0. The molecule has 39 heavy (non-hydrogen) atoms. The number of aromatic nitrogens is 2. The first-order chi connectivity index (χ1) is 19.0. The third-order valence-electron chi connectivity index (χ3n) is 8.50. The molecule has 1 aromatic heterocycles. The molecule has 0 atom stereocenters. The highest BCUT2D eigenvalue weighted by Crippen LogP contribution is 2.46. The van der Waals surface area contributed by atoms with E-state index in [1.54, 1.807) is 18.2 Å². The summed E-state index contributed by atoms with van der Waals surface area (Å²) in [6.07, 6.45) is 7.87. The summed E-state index contributed by atoms with van der Waals surface area (Å²) in [6, 6.07) is 13.5. The Kier molecular flexibility index (Phi) is 7.62. The van der Waals surface area contributed by atoms with E-state index in [-0.39, 0.29) is 16.5 Å². The summed E-state index contributed by atoms with van der Waals surface area (Å²) in [5.41, 5.74) is 1.01. The molecule has 3 aromatic rings. The fourth-order valence-electron chi connectivity index (χ4n) is 6.24. The van der Waals surface area contributed by atoms with Crippen LogP contribution in [0.5, 0.6) is 0 Å². The normalized spacial score (nSPS) is 19.9. The fraction of sp³-hybridized carbons (Fsp3) is 0.500. The van der Waals surface area contributed by atoms with Crippen molar-refractivity contribution in [2.45, 2.75) is 49.7 Å². The van der Waals surface area contributed by atoms with E-state index in [1.165, 1.54) is 36.1 Å². The molecule has 6 rings (SSSR count). The summed E-state index contributed by atoms with van der Waals surface area (Å²) in [5.74, 6) is 1.33. The SMILES string of the molecule is O=C(c1ccccc1)n1nc(N2CCN(CCCCN3CSC4(CCCCC4)C3=O)CC2)c2ccc(F)cc21. The third kappa shape index (κ3) is 5.31. The lowest BCUT2D eigenvalue weighted by molar-refractivity contribution is -0.132. The summed E-state index contributed by atoms with van der Waals surface area (Å²) in [6.45, 7) is 5.29. The molecule has 3 fully saturated rings. The Morgan fingerprint density at radius 1 is 0.949 bits per heavy atom. The Labute approximate surface area is 233 Å². The zero-order chi connectivity index (χ0) is 26.8. The molecule has 1 aliphatic carbocycles. The maximum atomic E-state index is 14.2. The molecule has 3 aliphatic rings. The Morgan fingerprint density at radius 2 is 1.69 bits per heavy atom. The number of amides is 1. The highest BCUT2D eigenvalue weighted by molar-refractivity contribution is 8.01. The second kappa shape index (κ2) is 11.3. The Balaban J connectivity index is 1.03. The average molecular weight is 550 g/mol. The molecule has 1 amide bonds. The van der Waals surface area contributed by atoms with Crippen molar-refractivity contribution in [2.24, 2.45) is 0 Å². The van der Waals surface area contributed by atoms with Crippen molar-refractivity contribution in [1.82, 2.24) is 19.6 Å². The molecule has 0 unspecified atom stereocenters. The van der Waals surface area contributed by atoms with Crippen LogP contribution in [0.1, 0.15) is 55.3 Å². The number of carbonyl (C=O) groups is 2. The fourth-order valence-corrected chi connectivity index (χ4v) is 7.72. The lowest BCUT2D eigenvalue weighted by Crippen LogP contribution is -2.47. The number of hydrogen-bond donors (Lipinski definition) is 0. The predicted octanol–water partition coefficient (Wildman–Crippen LogP) is 5.00. The largest absolute Gasteiger partial charge is 0.352 e. The van der Waals surface area contributed by atoms with Gasteiger partial charge in [-0.15, -0.1) is 16.9 Å². The van der Waals surface area contributed by atoms with Gasteiger partial charge in [-0.2, -0.15) is 4.68 Å². The minimum Gasteiger partial charge on any atom is -0.352 e. The molecule has 9 heteroatoms. The number of halogens is 1. The van der Waals surface area contributed by atoms with Crippen LogP contribution in [0.4, 0.5) is 10.2 Å². The van der Waals surface area contributed by atoms with Crippen molar-refractivity contribution in [3.8, 4) is 0 Å². The van der Waals surface area contributed by atoms with Gasteiger partial charge in [0.1, 0.15) is 5.82 Å². The van der Waals surface area contributed by atoms with Gasteiger partial charge in [-0.25, -0.2) is 4.39 Å².